The van der Waals surface area contributed by atoms with Crippen LogP contribution in [0, 0.1) is 0 Å². The number of aliphatic hydroxyl groups excluding tert-OH is 1. The van der Waals surface area contributed by atoms with E-state index in [1.54, 1.807) is 0 Å². The van der Waals surface area contributed by atoms with Crippen LogP contribution in [0.25, 0.3) is 0 Å². The molecule has 0 amide bonds. The summed E-state index contributed by atoms with van der Waals surface area (Å²) in [5.74, 6) is 0.830. The molecule has 0 radical (unpaired) electrons. The van der Waals surface area contributed by atoms with Crippen molar-refractivity contribution < 1.29 is 14.6 Å². The zero-order valence-electron chi connectivity index (χ0n) is 12.4. The fraction of sp³-hybridized carbons (Fsp3) is 0.333. The molecule has 0 spiro atoms. The van der Waals surface area contributed by atoms with Crippen molar-refractivity contribution in [3.63, 3.8) is 0 Å². The normalized spacial score (nSPS) is 12.1. The third-order valence-corrected chi connectivity index (χ3v) is 3.29. The molecule has 1 atom stereocenters. The maximum absolute atomic E-state index is 10.0. The van der Waals surface area contributed by atoms with Crippen LogP contribution in [0.3, 0.4) is 0 Å². The highest BCUT2D eigenvalue weighted by Gasteiger charge is 2.07. The highest BCUT2D eigenvalue weighted by Crippen LogP contribution is 2.14. The van der Waals surface area contributed by atoms with Crippen molar-refractivity contribution in [2.24, 2.45) is 0 Å². The maximum Gasteiger partial charge on any atom is 0.119 e. The van der Waals surface area contributed by atoms with Gasteiger partial charge in [-0.2, -0.15) is 0 Å². The lowest BCUT2D eigenvalue weighted by molar-refractivity contribution is 0.0239. The first kappa shape index (κ1) is 15.5. The van der Waals surface area contributed by atoms with Crippen LogP contribution in [0.5, 0.6) is 5.75 Å². The molecule has 0 aliphatic carbocycles. The van der Waals surface area contributed by atoms with Gasteiger partial charge in [0.1, 0.15) is 18.5 Å². The average molecular weight is 286 g/mol. The average Bonchev–Trinajstić information content (AvgIpc) is 2.55. The predicted molar refractivity (Wildman–Crippen MR) is 83.5 cm³/mol. The number of aryl methyl sites for hydroxylation is 1. The Balaban J connectivity index is 1.65. The van der Waals surface area contributed by atoms with Crippen LogP contribution in [0.4, 0.5) is 0 Å². The number of aliphatic hydroxyl groups is 1. The molecule has 3 nitrogen and oxygen atoms in total. The van der Waals surface area contributed by atoms with Crippen molar-refractivity contribution >= 4 is 0 Å². The maximum atomic E-state index is 10.0. The van der Waals surface area contributed by atoms with Gasteiger partial charge in [0.2, 0.25) is 0 Å². The zero-order valence-corrected chi connectivity index (χ0v) is 12.4. The summed E-state index contributed by atoms with van der Waals surface area (Å²) in [7, 11) is 0. The van der Waals surface area contributed by atoms with Crippen LogP contribution in [-0.2, 0) is 11.2 Å². The minimum Gasteiger partial charge on any atom is -0.491 e. The van der Waals surface area contributed by atoms with Gasteiger partial charge in [0.05, 0.1) is 13.2 Å². The van der Waals surface area contributed by atoms with Gasteiger partial charge in [0.25, 0.3) is 0 Å². The van der Waals surface area contributed by atoms with E-state index in [2.05, 4.69) is 6.92 Å². The molecule has 0 saturated carbocycles. The third kappa shape index (κ3) is 5.21. The molecule has 1 N–H and O–H groups in total. The van der Waals surface area contributed by atoms with Crippen LogP contribution < -0.4 is 4.74 Å². The number of para-hydroxylation sites is 1. The third-order valence-electron chi connectivity index (χ3n) is 3.29. The van der Waals surface area contributed by atoms with Crippen LogP contribution >= 0.6 is 0 Å². The summed E-state index contributed by atoms with van der Waals surface area (Å²) in [6, 6.07) is 17.6. The Bertz CT molecular complexity index is 508. The second-order valence-corrected chi connectivity index (χ2v) is 4.85. The molecule has 0 aromatic heterocycles. The molecule has 0 aliphatic rings. The van der Waals surface area contributed by atoms with E-state index in [0.29, 0.717) is 13.2 Å². The van der Waals surface area contributed by atoms with Crippen molar-refractivity contribution in [2.45, 2.75) is 19.4 Å². The summed E-state index contributed by atoms with van der Waals surface area (Å²) in [5.41, 5.74) is 2.15. The molecule has 1 unspecified atom stereocenters. The summed E-state index contributed by atoms with van der Waals surface area (Å²) in [6.07, 6.45) is 0.414. The second-order valence-electron chi connectivity index (χ2n) is 4.85. The molecule has 2 rings (SSSR count). The fourth-order valence-corrected chi connectivity index (χ4v) is 2.00. The lowest BCUT2D eigenvalue weighted by atomic mass is 10.1. The molecule has 21 heavy (non-hydrogen) atoms. The molecule has 112 valence electrons. The molecule has 2 aromatic carbocycles. The summed E-state index contributed by atoms with van der Waals surface area (Å²) < 4.78 is 11.0. The number of ether oxygens (including phenoxy) is 2. The number of hydrogen-bond acceptors (Lipinski definition) is 3. The number of rotatable bonds is 8. The van der Waals surface area contributed by atoms with Crippen molar-refractivity contribution in [1.82, 2.24) is 0 Å². The van der Waals surface area contributed by atoms with Gasteiger partial charge in [-0.15, -0.1) is 0 Å². The Kier molecular flexibility index (Phi) is 6.25. The predicted octanol–water partition coefficient (Wildman–Crippen LogP) is 3.38. The first-order chi connectivity index (χ1) is 10.3. The standard InChI is InChI=1S/C18H22O3/c1-2-15-8-10-16(11-9-15)18(19)14-20-12-13-21-17-6-4-3-5-7-17/h3-11,18-19H,2,12-14H2,1H3. The summed E-state index contributed by atoms with van der Waals surface area (Å²) in [6.45, 7) is 3.33. The molecular weight excluding hydrogens is 264 g/mol. The van der Waals surface area contributed by atoms with E-state index in [1.807, 2.05) is 54.6 Å². The van der Waals surface area contributed by atoms with Gasteiger partial charge < -0.3 is 14.6 Å². The van der Waals surface area contributed by atoms with E-state index in [-0.39, 0.29) is 6.61 Å². The highest BCUT2D eigenvalue weighted by molar-refractivity contribution is 5.24. The second kappa shape index (κ2) is 8.45. The van der Waals surface area contributed by atoms with Crippen LogP contribution in [-0.4, -0.2) is 24.9 Å². The Morgan fingerprint density at radius 2 is 1.67 bits per heavy atom. The van der Waals surface area contributed by atoms with Crippen LogP contribution in [0.1, 0.15) is 24.2 Å². The van der Waals surface area contributed by atoms with E-state index in [9.17, 15) is 5.11 Å². The van der Waals surface area contributed by atoms with Crippen molar-refractivity contribution in [2.75, 3.05) is 19.8 Å². The van der Waals surface area contributed by atoms with Crippen LogP contribution in [0.15, 0.2) is 54.6 Å². The largest absolute Gasteiger partial charge is 0.491 e. The number of hydrogen-bond donors (Lipinski definition) is 1. The van der Waals surface area contributed by atoms with Crippen molar-refractivity contribution in [1.29, 1.82) is 0 Å². The smallest absolute Gasteiger partial charge is 0.119 e. The highest BCUT2D eigenvalue weighted by atomic mass is 16.5. The topological polar surface area (TPSA) is 38.7 Å². The Morgan fingerprint density at radius 1 is 0.952 bits per heavy atom. The lowest BCUT2D eigenvalue weighted by Crippen LogP contribution is -2.12. The Morgan fingerprint density at radius 3 is 2.33 bits per heavy atom. The van der Waals surface area contributed by atoms with Crippen molar-refractivity contribution in [3.8, 4) is 5.75 Å². The molecule has 0 fully saturated rings. The van der Waals surface area contributed by atoms with Gasteiger partial charge in [-0.05, 0) is 29.7 Å². The van der Waals surface area contributed by atoms with Gasteiger partial charge in [-0.3, -0.25) is 0 Å². The first-order valence-corrected chi connectivity index (χ1v) is 7.32. The summed E-state index contributed by atoms with van der Waals surface area (Å²) in [4.78, 5) is 0. The van der Waals surface area contributed by atoms with E-state index in [1.165, 1.54) is 5.56 Å². The van der Waals surface area contributed by atoms with Gasteiger partial charge in [-0.1, -0.05) is 49.4 Å². The van der Waals surface area contributed by atoms with Gasteiger partial charge in [0, 0.05) is 0 Å². The zero-order chi connectivity index (χ0) is 14.9. The molecule has 0 bridgehead atoms. The quantitative estimate of drug-likeness (QED) is 0.756. The molecule has 2 aromatic rings. The fourth-order valence-electron chi connectivity index (χ4n) is 2.00. The monoisotopic (exact) mass is 286 g/mol. The van der Waals surface area contributed by atoms with E-state index < -0.39 is 6.10 Å². The van der Waals surface area contributed by atoms with Gasteiger partial charge in [0.15, 0.2) is 0 Å². The number of benzene rings is 2. The van der Waals surface area contributed by atoms with E-state index in [4.69, 9.17) is 9.47 Å². The Hall–Kier alpha value is -1.84. The van der Waals surface area contributed by atoms with Gasteiger partial charge >= 0.3 is 0 Å². The van der Waals surface area contributed by atoms with E-state index >= 15 is 0 Å². The Labute approximate surface area is 126 Å². The minimum atomic E-state index is -0.590. The molecular formula is C18H22O3. The molecule has 0 aliphatic heterocycles. The lowest BCUT2D eigenvalue weighted by Gasteiger charge is -2.12. The summed E-state index contributed by atoms with van der Waals surface area (Å²) >= 11 is 0. The molecule has 0 saturated heterocycles. The van der Waals surface area contributed by atoms with Gasteiger partial charge in [-0.25, -0.2) is 0 Å². The minimum absolute atomic E-state index is 0.281. The molecule has 3 heteroatoms. The SMILES string of the molecule is CCc1ccc(C(O)COCCOc2ccccc2)cc1. The molecule has 0 heterocycles. The van der Waals surface area contributed by atoms with Crippen molar-refractivity contribution in [3.05, 3.63) is 65.7 Å². The first-order valence-electron chi connectivity index (χ1n) is 7.32. The summed E-state index contributed by atoms with van der Waals surface area (Å²) in [5, 5.41) is 10.0. The van der Waals surface area contributed by atoms with Crippen LogP contribution in [0.2, 0.25) is 0 Å². The van der Waals surface area contributed by atoms with E-state index in [0.717, 1.165) is 17.7 Å².